The maximum Gasteiger partial charge on any atom is 0.257 e. The smallest absolute Gasteiger partial charge is 0.257 e. The topological polar surface area (TPSA) is 69.6 Å². The van der Waals surface area contributed by atoms with Crippen molar-refractivity contribution in [1.29, 1.82) is 0 Å². The van der Waals surface area contributed by atoms with E-state index in [0.29, 0.717) is 39.4 Å². The number of rotatable bonds is 5. The number of ether oxygens (including phenoxy) is 2. The van der Waals surface area contributed by atoms with Crippen LogP contribution in [-0.4, -0.2) is 24.7 Å². The number of hydrogen-bond donors (Lipinski definition) is 1. The fourth-order valence-electron chi connectivity index (χ4n) is 3.90. The lowest BCUT2D eigenvalue weighted by atomic mass is 10.0. The van der Waals surface area contributed by atoms with Crippen molar-refractivity contribution >= 4 is 22.6 Å². The van der Waals surface area contributed by atoms with E-state index in [0.717, 1.165) is 11.1 Å². The first kappa shape index (κ1) is 21.2. The van der Waals surface area contributed by atoms with Gasteiger partial charge in [-0.05, 0) is 48.4 Å². The van der Waals surface area contributed by atoms with E-state index in [-0.39, 0.29) is 11.3 Å². The molecule has 1 aromatic heterocycles. The van der Waals surface area contributed by atoms with Crippen LogP contribution in [0.3, 0.4) is 0 Å². The highest BCUT2D eigenvalue weighted by molar-refractivity contribution is 6.07. The number of fused-ring (bicyclic) bond motifs is 1. The Morgan fingerprint density at radius 2 is 1.59 bits per heavy atom. The first-order valence-corrected chi connectivity index (χ1v) is 10.2. The van der Waals surface area contributed by atoms with E-state index < -0.39 is 0 Å². The van der Waals surface area contributed by atoms with Gasteiger partial charge in [0.15, 0.2) is 16.9 Å². The fraction of sp³-hybridized carbons (Fsp3) is 0.154. The SMILES string of the molecule is COc1ccc(-c2c(NC(=O)c3ccccc3C)n(C)c3ccccc3c2=O)cc1OC. The standard InChI is InChI=1S/C26H24N2O4/c1-16-9-5-6-10-18(16)26(30)27-25-23(17-13-14-21(31-3)22(15-17)32-4)24(29)19-11-7-8-12-20(19)28(25)2/h5-15H,1-4H3,(H,27,30). The molecule has 0 aliphatic rings. The second kappa shape index (κ2) is 8.59. The Bertz CT molecular complexity index is 1390. The van der Waals surface area contributed by atoms with Crippen LogP contribution < -0.4 is 20.2 Å². The monoisotopic (exact) mass is 428 g/mol. The largest absolute Gasteiger partial charge is 0.493 e. The molecule has 0 aliphatic heterocycles. The Labute approximate surface area is 186 Å². The molecule has 1 N–H and O–H groups in total. The fourth-order valence-corrected chi connectivity index (χ4v) is 3.90. The lowest BCUT2D eigenvalue weighted by Gasteiger charge is -2.19. The Morgan fingerprint density at radius 1 is 0.906 bits per heavy atom. The lowest BCUT2D eigenvalue weighted by Crippen LogP contribution is -2.22. The Morgan fingerprint density at radius 3 is 2.31 bits per heavy atom. The van der Waals surface area contributed by atoms with Gasteiger partial charge in [-0.3, -0.25) is 9.59 Å². The van der Waals surface area contributed by atoms with E-state index in [1.54, 1.807) is 44.6 Å². The molecule has 0 unspecified atom stereocenters. The third-order valence-electron chi connectivity index (χ3n) is 5.60. The average molecular weight is 428 g/mol. The van der Waals surface area contributed by atoms with Gasteiger partial charge in [0.2, 0.25) is 0 Å². The summed E-state index contributed by atoms with van der Waals surface area (Å²) in [7, 11) is 4.93. The molecule has 0 bridgehead atoms. The number of aromatic nitrogens is 1. The highest BCUT2D eigenvalue weighted by Crippen LogP contribution is 2.35. The molecule has 0 saturated carbocycles. The van der Waals surface area contributed by atoms with Crippen LogP contribution in [0.5, 0.6) is 11.5 Å². The number of carbonyl (C=O) groups is 1. The van der Waals surface area contributed by atoms with Crippen LogP contribution in [0, 0.1) is 6.92 Å². The number of pyridine rings is 1. The molecule has 6 nitrogen and oxygen atoms in total. The zero-order valence-corrected chi connectivity index (χ0v) is 18.4. The highest BCUT2D eigenvalue weighted by atomic mass is 16.5. The van der Waals surface area contributed by atoms with Crippen LogP contribution in [0.2, 0.25) is 0 Å². The van der Waals surface area contributed by atoms with Gasteiger partial charge in [0, 0.05) is 18.0 Å². The number of anilines is 1. The molecule has 0 saturated heterocycles. The number of amides is 1. The zero-order valence-electron chi connectivity index (χ0n) is 18.4. The second-order valence-electron chi connectivity index (χ2n) is 7.47. The maximum atomic E-state index is 13.6. The summed E-state index contributed by atoms with van der Waals surface area (Å²) in [5.74, 6) is 1.18. The van der Waals surface area contributed by atoms with Gasteiger partial charge < -0.3 is 19.4 Å². The molecule has 0 radical (unpaired) electrons. The maximum absolute atomic E-state index is 13.6. The zero-order chi connectivity index (χ0) is 22.8. The minimum atomic E-state index is -0.282. The number of hydrogen-bond acceptors (Lipinski definition) is 4. The summed E-state index contributed by atoms with van der Waals surface area (Å²) in [6, 6.07) is 20.0. The molecule has 3 aromatic carbocycles. The predicted octanol–water partition coefficient (Wildman–Crippen LogP) is 4.78. The molecule has 4 rings (SSSR count). The van der Waals surface area contributed by atoms with Crippen molar-refractivity contribution < 1.29 is 14.3 Å². The second-order valence-corrected chi connectivity index (χ2v) is 7.47. The Hall–Kier alpha value is -4.06. The summed E-state index contributed by atoms with van der Waals surface area (Å²) >= 11 is 0. The van der Waals surface area contributed by atoms with Crippen LogP contribution in [-0.2, 0) is 7.05 Å². The average Bonchev–Trinajstić information content (AvgIpc) is 2.82. The van der Waals surface area contributed by atoms with Crippen LogP contribution >= 0.6 is 0 Å². The van der Waals surface area contributed by atoms with Crippen LogP contribution in [0.4, 0.5) is 5.82 Å². The van der Waals surface area contributed by atoms with Gasteiger partial charge in [0.25, 0.3) is 5.91 Å². The van der Waals surface area contributed by atoms with Gasteiger partial charge in [-0.25, -0.2) is 0 Å². The van der Waals surface area contributed by atoms with E-state index in [1.165, 1.54) is 0 Å². The molecule has 32 heavy (non-hydrogen) atoms. The van der Waals surface area contributed by atoms with E-state index in [4.69, 9.17) is 9.47 Å². The summed E-state index contributed by atoms with van der Waals surface area (Å²) in [5.41, 5.74) is 2.95. The van der Waals surface area contributed by atoms with Gasteiger partial charge in [-0.1, -0.05) is 36.4 Å². The summed E-state index contributed by atoms with van der Waals surface area (Å²) in [5, 5.41) is 3.55. The van der Waals surface area contributed by atoms with Crippen LogP contribution in [0.15, 0.2) is 71.5 Å². The van der Waals surface area contributed by atoms with Crippen LogP contribution in [0.25, 0.3) is 22.0 Å². The van der Waals surface area contributed by atoms with E-state index in [1.807, 2.05) is 54.9 Å². The van der Waals surface area contributed by atoms with Gasteiger partial charge in [0.05, 0.1) is 25.3 Å². The van der Waals surface area contributed by atoms with Crippen molar-refractivity contribution in [1.82, 2.24) is 4.57 Å². The van der Waals surface area contributed by atoms with Gasteiger partial charge in [-0.15, -0.1) is 0 Å². The minimum absolute atomic E-state index is 0.175. The number of nitrogens with zero attached hydrogens (tertiary/aromatic N) is 1. The molecule has 0 atom stereocenters. The Balaban J connectivity index is 1.98. The number of benzene rings is 3. The number of para-hydroxylation sites is 1. The van der Waals surface area contributed by atoms with Crippen LogP contribution in [0.1, 0.15) is 15.9 Å². The highest BCUT2D eigenvalue weighted by Gasteiger charge is 2.21. The lowest BCUT2D eigenvalue weighted by molar-refractivity contribution is 0.102. The molecular formula is C26H24N2O4. The number of aryl methyl sites for hydroxylation is 2. The van der Waals surface area contributed by atoms with Gasteiger partial charge in [-0.2, -0.15) is 0 Å². The molecular weight excluding hydrogens is 404 g/mol. The molecule has 0 fully saturated rings. The molecule has 162 valence electrons. The normalized spacial score (nSPS) is 10.8. The van der Waals surface area contributed by atoms with Crippen molar-refractivity contribution in [3.63, 3.8) is 0 Å². The summed E-state index contributed by atoms with van der Waals surface area (Å²) < 4.78 is 12.6. The summed E-state index contributed by atoms with van der Waals surface area (Å²) in [4.78, 5) is 26.8. The van der Waals surface area contributed by atoms with Crippen molar-refractivity contribution in [2.75, 3.05) is 19.5 Å². The first-order valence-electron chi connectivity index (χ1n) is 10.2. The van der Waals surface area contributed by atoms with Gasteiger partial charge in [0.1, 0.15) is 5.82 Å². The van der Waals surface area contributed by atoms with E-state index in [9.17, 15) is 9.59 Å². The molecule has 6 heteroatoms. The first-order chi connectivity index (χ1) is 15.5. The molecule has 4 aromatic rings. The van der Waals surface area contributed by atoms with Gasteiger partial charge >= 0.3 is 0 Å². The minimum Gasteiger partial charge on any atom is -0.493 e. The Kier molecular flexibility index (Phi) is 5.69. The molecule has 1 heterocycles. The quantitative estimate of drug-likeness (QED) is 0.497. The van der Waals surface area contributed by atoms with Crippen molar-refractivity contribution in [2.24, 2.45) is 7.05 Å². The van der Waals surface area contributed by atoms with E-state index in [2.05, 4.69) is 5.32 Å². The number of carbonyl (C=O) groups excluding carboxylic acids is 1. The summed E-state index contributed by atoms with van der Waals surface area (Å²) in [6.07, 6.45) is 0. The van der Waals surface area contributed by atoms with E-state index >= 15 is 0 Å². The van der Waals surface area contributed by atoms with Crippen molar-refractivity contribution in [3.05, 3.63) is 88.1 Å². The van der Waals surface area contributed by atoms with Crippen molar-refractivity contribution in [2.45, 2.75) is 6.92 Å². The third-order valence-corrected chi connectivity index (χ3v) is 5.60. The predicted molar refractivity (Wildman–Crippen MR) is 127 cm³/mol. The van der Waals surface area contributed by atoms with Crippen molar-refractivity contribution in [3.8, 4) is 22.6 Å². The third kappa shape index (κ3) is 3.60. The number of methoxy groups -OCH3 is 2. The molecule has 1 amide bonds. The summed E-state index contributed by atoms with van der Waals surface area (Å²) in [6.45, 7) is 1.88. The molecule has 0 aliphatic carbocycles. The number of nitrogens with one attached hydrogen (secondary N) is 1. The molecule has 0 spiro atoms.